The Morgan fingerprint density at radius 1 is 1.47 bits per heavy atom. The lowest BCUT2D eigenvalue weighted by atomic mass is 9.95. The van der Waals surface area contributed by atoms with E-state index in [0.717, 1.165) is 24.5 Å². The number of rotatable bonds is 3. The Kier molecular flexibility index (Phi) is 3.64. The Morgan fingerprint density at radius 2 is 2.40 bits per heavy atom. The molecule has 4 nitrogen and oxygen atoms in total. The molecule has 82 valence electrons. The molecule has 0 bridgehead atoms. The van der Waals surface area contributed by atoms with Crippen LogP contribution in [0.4, 0.5) is 0 Å². The molecule has 0 unspecified atom stereocenters. The number of nitrogens with one attached hydrogen (secondary N) is 1. The predicted octanol–water partition coefficient (Wildman–Crippen LogP) is 0.478. The van der Waals surface area contributed by atoms with E-state index in [4.69, 9.17) is 5.11 Å². The fourth-order valence-electron chi connectivity index (χ4n) is 1.99. The van der Waals surface area contributed by atoms with E-state index in [-0.39, 0.29) is 6.61 Å². The predicted molar refractivity (Wildman–Crippen MR) is 57.7 cm³/mol. The summed E-state index contributed by atoms with van der Waals surface area (Å²) in [7, 11) is 0. The average molecular weight is 207 g/mol. The van der Waals surface area contributed by atoms with Crippen LogP contribution in [0.5, 0.6) is 0 Å². The molecule has 1 aromatic heterocycles. The van der Waals surface area contributed by atoms with Gasteiger partial charge >= 0.3 is 0 Å². The third-order valence-electron chi connectivity index (χ3n) is 2.83. The molecule has 0 amide bonds. The third-order valence-corrected chi connectivity index (χ3v) is 2.83. The molecule has 2 rings (SSSR count). The standard InChI is InChI=1S/C11H17N3O/c15-5-3-10-6-11(14-8-13-10)9-2-1-4-12-7-9/h6,8-9,12,15H,1-5,7H2/t9-/m0/s1. The highest BCUT2D eigenvalue weighted by molar-refractivity contribution is 5.14. The SMILES string of the molecule is OCCc1cc([C@H]2CCCNC2)ncn1. The topological polar surface area (TPSA) is 58.0 Å². The Balaban J connectivity index is 2.09. The highest BCUT2D eigenvalue weighted by Gasteiger charge is 2.16. The summed E-state index contributed by atoms with van der Waals surface area (Å²) < 4.78 is 0. The van der Waals surface area contributed by atoms with Crippen LogP contribution in [0.3, 0.4) is 0 Å². The highest BCUT2D eigenvalue weighted by Crippen LogP contribution is 2.21. The zero-order chi connectivity index (χ0) is 10.5. The van der Waals surface area contributed by atoms with Crippen LogP contribution in [-0.4, -0.2) is 34.8 Å². The van der Waals surface area contributed by atoms with Gasteiger partial charge in [-0.15, -0.1) is 0 Å². The molecular weight excluding hydrogens is 190 g/mol. The monoisotopic (exact) mass is 207 g/mol. The Hall–Kier alpha value is -1.00. The molecule has 2 heterocycles. The second-order valence-electron chi connectivity index (χ2n) is 3.95. The van der Waals surface area contributed by atoms with Gasteiger partial charge in [0.2, 0.25) is 0 Å². The maximum absolute atomic E-state index is 8.85. The zero-order valence-corrected chi connectivity index (χ0v) is 8.82. The minimum atomic E-state index is 0.152. The summed E-state index contributed by atoms with van der Waals surface area (Å²) in [5.74, 6) is 0.513. The zero-order valence-electron chi connectivity index (χ0n) is 8.82. The average Bonchev–Trinajstić information content (AvgIpc) is 2.31. The summed E-state index contributed by atoms with van der Waals surface area (Å²) in [5, 5.41) is 12.2. The van der Waals surface area contributed by atoms with Crippen molar-refractivity contribution in [1.29, 1.82) is 0 Å². The number of piperidine rings is 1. The smallest absolute Gasteiger partial charge is 0.115 e. The van der Waals surface area contributed by atoms with Crippen molar-refractivity contribution in [3.8, 4) is 0 Å². The Morgan fingerprint density at radius 3 is 3.13 bits per heavy atom. The van der Waals surface area contributed by atoms with E-state index in [0.29, 0.717) is 12.3 Å². The molecule has 15 heavy (non-hydrogen) atoms. The van der Waals surface area contributed by atoms with Crippen molar-refractivity contribution < 1.29 is 5.11 Å². The number of hydrogen-bond donors (Lipinski definition) is 2. The summed E-state index contributed by atoms with van der Waals surface area (Å²) in [6.07, 6.45) is 4.64. The summed E-state index contributed by atoms with van der Waals surface area (Å²) in [5.41, 5.74) is 2.05. The van der Waals surface area contributed by atoms with Crippen LogP contribution in [0.2, 0.25) is 0 Å². The van der Waals surface area contributed by atoms with E-state index in [9.17, 15) is 0 Å². The summed E-state index contributed by atoms with van der Waals surface area (Å²) in [6.45, 7) is 2.28. The highest BCUT2D eigenvalue weighted by atomic mass is 16.3. The number of aliphatic hydroxyl groups is 1. The van der Waals surface area contributed by atoms with Gasteiger partial charge in [-0.2, -0.15) is 0 Å². The largest absolute Gasteiger partial charge is 0.396 e. The first-order valence-electron chi connectivity index (χ1n) is 5.52. The molecule has 1 aliphatic rings. The fraction of sp³-hybridized carbons (Fsp3) is 0.636. The van der Waals surface area contributed by atoms with Crippen LogP contribution in [-0.2, 0) is 6.42 Å². The van der Waals surface area contributed by atoms with Crippen LogP contribution in [0.1, 0.15) is 30.1 Å². The fourth-order valence-corrected chi connectivity index (χ4v) is 1.99. The van der Waals surface area contributed by atoms with E-state index in [1.165, 1.54) is 12.8 Å². The minimum absolute atomic E-state index is 0.152. The maximum atomic E-state index is 8.85. The van der Waals surface area contributed by atoms with Crippen molar-refractivity contribution in [2.75, 3.05) is 19.7 Å². The van der Waals surface area contributed by atoms with Gasteiger partial charge in [0.15, 0.2) is 0 Å². The van der Waals surface area contributed by atoms with Crippen molar-refractivity contribution in [2.24, 2.45) is 0 Å². The lowest BCUT2D eigenvalue weighted by Gasteiger charge is -2.22. The second-order valence-corrected chi connectivity index (χ2v) is 3.95. The molecule has 1 atom stereocenters. The minimum Gasteiger partial charge on any atom is -0.396 e. The van der Waals surface area contributed by atoms with E-state index < -0.39 is 0 Å². The van der Waals surface area contributed by atoms with Gasteiger partial charge in [0.25, 0.3) is 0 Å². The van der Waals surface area contributed by atoms with Gasteiger partial charge < -0.3 is 10.4 Å². The van der Waals surface area contributed by atoms with Gasteiger partial charge in [0.05, 0.1) is 0 Å². The number of aromatic nitrogens is 2. The van der Waals surface area contributed by atoms with Crippen LogP contribution < -0.4 is 5.32 Å². The van der Waals surface area contributed by atoms with Crippen LogP contribution in [0.25, 0.3) is 0 Å². The first kappa shape index (κ1) is 10.5. The second kappa shape index (κ2) is 5.19. The lowest BCUT2D eigenvalue weighted by molar-refractivity contribution is 0.298. The molecule has 4 heteroatoms. The molecule has 0 aliphatic carbocycles. The van der Waals surface area contributed by atoms with Gasteiger partial charge in [-0.3, -0.25) is 0 Å². The molecule has 0 saturated carbocycles. The molecule has 1 aliphatic heterocycles. The van der Waals surface area contributed by atoms with Crippen molar-refractivity contribution >= 4 is 0 Å². The molecule has 1 aromatic rings. The Labute approximate surface area is 89.8 Å². The normalized spacial score (nSPS) is 21.5. The van der Waals surface area contributed by atoms with Gasteiger partial charge in [-0.25, -0.2) is 9.97 Å². The van der Waals surface area contributed by atoms with Crippen LogP contribution in [0, 0.1) is 0 Å². The summed E-state index contributed by atoms with van der Waals surface area (Å²) in [4.78, 5) is 8.45. The van der Waals surface area contributed by atoms with E-state index in [2.05, 4.69) is 15.3 Å². The molecule has 2 N–H and O–H groups in total. The van der Waals surface area contributed by atoms with Crippen molar-refractivity contribution in [3.05, 3.63) is 23.8 Å². The molecule has 1 fully saturated rings. The maximum Gasteiger partial charge on any atom is 0.115 e. The van der Waals surface area contributed by atoms with E-state index in [1.54, 1.807) is 6.33 Å². The summed E-state index contributed by atoms with van der Waals surface area (Å²) >= 11 is 0. The molecule has 0 spiro atoms. The van der Waals surface area contributed by atoms with Crippen LogP contribution >= 0.6 is 0 Å². The third kappa shape index (κ3) is 2.73. The van der Waals surface area contributed by atoms with Gasteiger partial charge in [-0.05, 0) is 25.5 Å². The van der Waals surface area contributed by atoms with E-state index >= 15 is 0 Å². The van der Waals surface area contributed by atoms with Gasteiger partial charge in [-0.1, -0.05) is 0 Å². The number of nitrogens with zero attached hydrogens (tertiary/aromatic N) is 2. The summed E-state index contributed by atoms with van der Waals surface area (Å²) in [6, 6.07) is 2.02. The number of aliphatic hydroxyl groups excluding tert-OH is 1. The van der Waals surface area contributed by atoms with Crippen LogP contribution in [0.15, 0.2) is 12.4 Å². The quantitative estimate of drug-likeness (QED) is 0.757. The molecule has 0 radical (unpaired) electrons. The molecular formula is C11H17N3O. The number of hydrogen-bond acceptors (Lipinski definition) is 4. The first-order valence-corrected chi connectivity index (χ1v) is 5.52. The first-order chi connectivity index (χ1) is 7.40. The van der Waals surface area contributed by atoms with Crippen molar-refractivity contribution in [2.45, 2.75) is 25.2 Å². The van der Waals surface area contributed by atoms with Crippen molar-refractivity contribution in [3.63, 3.8) is 0 Å². The molecule has 1 saturated heterocycles. The van der Waals surface area contributed by atoms with Gasteiger partial charge in [0, 0.05) is 36.9 Å². The Bertz CT molecular complexity index is 310. The van der Waals surface area contributed by atoms with Crippen molar-refractivity contribution in [1.82, 2.24) is 15.3 Å². The van der Waals surface area contributed by atoms with E-state index in [1.807, 2.05) is 6.07 Å². The van der Waals surface area contributed by atoms with Gasteiger partial charge in [0.1, 0.15) is 6.33 Å². The lowest BCUT2D eigenvalue weighted by Crippen LogP contribution is -2.28. The molecule has 0 aromatic carbocycles.